The highest BCUT2D eigenvalue weighted by molar-refractivity contribution is 5.94. The molecule has 1 aliphatic rings. The molecule has 7 heteroatoms. The molecule has 0 aliphatic carbocycles. The van der Waals surface area contributed by atoms with Gasteiger partial charge < -0.3 is 18.9 Å². The minimum Gasteiger partial charge on any atom is -0.497 e. The molecule has 1 fully saturated rings. The van der Waals surface area contributed by atoms with Gasteiger partial charge in [-0.2, -0.15) is 4.98 Å². The van der Waals surface area contributed by atoms with Crippen LogP contribution in [0, 0.1) is 0 Å². The van der Waals surface area contributed by atoms with E-state index in [4.69, 9.17) is 14.0 Å². The molecule has 7 nitrogen and oxygen atoms in total. The van der Waals surface area contributed by atoms with E-state index in [-0.39, 0.29) is 11.8 Å². The van der Waals surface area contributed by atoms with Crippen molar-refractivity contribution in [1.29, 1.82) is 0 Å². The van der Waals surface area contributed by atoms with Crippen LogP contribution in [0.3, 0.4) is 0 Å². The van der Waals surface area contributed by atoms with Crippen LogP contribution in [0.2, 0.25) is 0 Å². The van der Waals surface area contributed by atoms with E-state index in [1.165, 1.54) is 0 Å². The summed E-state index contributed by atoms with van der Waals surface area (Å²) in [4.78, 5) is 19.4. The summed E-state index contributed by atoms with van der Waals surface area (Å²) in [6.45, 7) is 3.82. The van der Waals surface area contributed by atoms with Gasteiger partial charge in [0.1, 0.15) is 11.5 Å². The van der Waals surface area contributed by atoms with E-state index in [0.717, 1.165) is 36.4 Å². The number of carbonyl (C=O) groups excluding carboxylic acids is 1. The van der Waals surface area contributed by atoms with Crippen molar-refractivity contribution >= 4 is 5.91 Å². The predicted octanol–water partition coefficient (Wildman–Crippen LogP) is 4.16. The van der Waals surface area contributed by atoms with E-state index in [0.29, 0.717) is 30.4 Å². The fraction of sp³-hybridized carbons (Fsp3) is 0.348. The molecule has 1 aliphatic heterocycles. The maximum Gasteiger partial charge on any atom is 0.253 e. The number of aromatic nitrogens is 2. The SMILES string of the molecule is CCOc1ccc(C(=O)N2CCC[C@H](c3nc(-c4cccc(OC)c4)no3)C2)cc1. The summed E-state index contributed by atoms with van der Waals surface area (Å²) in [6, 6.07) is 14.8. The lowest BCUT2D eigenvalue weighted by Gasteiger charge is -2.31. The Bertz CT molecular complexity index is 1000. The van der Waals surface area contributed by atoms with Crippen molar-refractivity contribution in [3.63, 3.8) is 0 Å². The van der Waals surface area contributed by atoms with Crippen LogP contribution in [0.5, 0.6) is 11.5 Å². The van der Waals surface area contributed by atoms with Crippen LogP contribution in [0.4, 0.5) is 0 Å². The summed E-state index contributed by atoms with van der Waals surface area (Å²) < 4.78 is 16.3. The van der Waals surface area contributed by atoms with Crippen LogP contribution in [0.25, 0.3) is 11.4 Å². The Hall–Kier alpha value is -3.35. The maximum absolute atomic E-state index is 12.9. The number of rotatable bonds is 6. The number of ether oxygens (including phenoxy) is 2. The van der Waals surface area contributed by atoms with Crippen LogP contribution in [-0.4, -0.2) is 47.8 Å². The predicted molar refractivity (Wildman–Crippen MR) is 112 cm³/mol. The Labute approximate surface area is 175 Å². The molecule has 1 amide bonds. The molecule has 2 aromatic carbocycles. The number of likely N-dealkylation sites (tertiary alicyclic amines) is 1. The van der Waals surface area contributed by atoms with Crippen molar-refractivity contribution in [1.82, 2.24) is 15.0 Å². The highest BCUT2D eigenvalue weighted by Gasteiger charge is 2.29. The number of amides is 1. The Balaban J connectivity index is 1.46. The molecular formula is C23H25N3O4. The van der Waals surface area contributed by atoms with Crippen molar-refractivity contribution < 1.29 is 18.8 Å². The molecule has 1 atom stereocenters. The summed E-state index contributed by atoms with van der Waals surface area (Å²) in [5.74, 6) is 2.63. The Morgan fingerprint density at radius 2 is 2.03 bits per heavy atom. The number of benzene rings is 2. The van der Waals surface area contributed by atoms with E-state index >= 15 is 0 Å². The van der Waals surface area contributed by atoms with Crippen molar-refractivity contribution in [2.75, 3.05) is 26.8 Å². The Morgan fingerprint density at radius 3 is 2.80 bits per heavy atom. The van der Waals surface area contributed by atoms with Gasteiger partial charge in [-0.15, -0.1) is 0 Å². The number of carbonyl (C=O) groups is 1. The largest absolute Gasteiger partial charge is 0.497 e. The van der Waals surface area contributed by atoms with Gasteiger partial charge in [0.2, 0.25) is 11.7 Å². The van der Waals surface area contributed by atoms with Gasteiger partial charge in [0.25, 0.3) is 5.91 Å². The second kappa shape index (κ2) is 8.98. The smallest absolute Gasteiger partial charge is 0.253 e. The average molecular weight is 407 g/mol. The lowest BCUT2D eigenvalue weighted by atomic mass is 9.97. The molecule has 156 valence electrons. The van der Waals surface area contributed by atoms with Gasteiger partial charge >= 0.3 is 0 Å². The van der Waals surface area contributed by atoms with Gasteiger partial charge in [-0.1, -0.05) is 17.3 Å². The van der Waals surface area contributed by atoms with E-state index < -0.39 is 0 Å². The molecule has 0 bridgehead atoms. The van der Waals surface area contributed by atoms with Crippen LogP contribution in [-0.2, 0) is 0 Å². The highest BCUT2D eigenvalue weighted by Crippen LogP contribution is 2.29. The Morgan fingerprint density at radius 1 is 1.20 bits per heavy atom. The molecule has 1 saturated heterocycles. The molecule has 0 radical (unpaired) electrons. The number of nitrogens with zero attached hydrogens (tertiary/aromatic N) is 3. The minimum absolute atomic E-state index is 0.00952. The van der Waals surface area contributed by atoms with Crippen LogP contribution in [0.15, 0.2) is 53.1 Å². The first-order valence-electron chi connectivity index (χ1n) is 10.2. The summed E-state index contributed by atoms with van der Waals surface area (Å²) in [5, 5.41) is 4.13. The lowest BCUT2D eigenvalue weighted by Crippen LogP contribution is -2.39. The summed E-state index contributed by atoms with van der Waals surface area (Å²) in [6.07, 6.45) is 1.80. The first kappa shape index (κ1) is 19.9. The molecule has 1 aromatic heterocycles. The zero-order valence-electron chi connectivity index (χ0n) is 17.2. The maximum atomic E-state index is 12.9. The summed E-state index contributed by atoms with van der Waals surface area (Å²) in [7, 11) is 1.62. The lowest BCUT2D eigenvalue weighted by molar-refractivity contribution is 0.0695. The van der Waals surface area contributed by atoms with Crippen molar-refractivity contribution in [2.24, 2.45) is 0 Å². The first-order valence-corrected chi connectivity index (χ1v) is 10.2. The van der Waals surface area contributed by atoms with Gasteiger partial charge in [-0.25, -0.2) is 0 Å². The molecule has 0 unspecified atom stereocenters. The highest BCUT2D eigenvalue weighted by atomic mass is 16.5. The summed E-state index contributed by atoms with van der Waals surface area (Å²) >= 11 is 0. The number of methoxy groups -OCH3 is 1. The van der Waals surface area contributed by atoms with Gasteiger partial charge in [0, 0.05) is 24.2 Å². The fourth-order valence-electron chi connectivity index (χ4n) is 3.69. The number of hydrogen-bond acceptors (Lipinski definition) is 6. The average Bonchev–Trinajstić information content (AvgIpc) is 3.30. The molecule has 0 N–H and O–H groups in total. The Kier molecular flexibility index (Phi) is 5.97. The molecule has 2 heterocycles. The third-order valence-electron chi connectivity index (χ3n) is 5.24. The van der Waals surface area contributed by atoms with Crippen LogP contribution >= 0.6 is 0 Å². The molecule has 0 saturated carbocycles. The fourth-order valence-corrected chi connectivity index (χ4v) is 3.69. The number of piperidine rings is 1. The standard InChI is InChI=1S/C23H25N3O4/c1-3-29-19-11-9-16(10-12-19)23(27)26-13-5-7-18(15-26)22-24-21(25-30-22)17-6-4-8-20(14-17)28-2/h4,6,8-12,14,18H,3,5,7,13,15H2,1-2H3/t18-/m0/s1. The van der Waals surface area contributed by atoms with Crippen molar-refractivity contribution in [2.45, 2.75) is 25.7 Å². The van der Waals surface area contributed by atoms with Gasteiger partial charge in [-0.05, 0) is 56.2 Å². The molecule has 4 rings (SSSR count). The normalized spacial score (nSPS) is 16.3. The third kappa shape index (κ3) is 4.30. The van der Waals surface area contributed by atoms with Crippen molar-refractivity contribution in [3.8, 4) is 22.9 Å². The minimum atomic E-state index is 0.00952. The van der Waals surface area contributed by atoms with Crippen LogP contribution < -0.4 is 9.47 Å². The number of hydrogen-bond donors (Lipinski definition) is 0. The van der Waals surface area contributed by atoms with E-state index in [1.807, 2.05) is 60.4 Å². The molecule has 0 spiro atoms. The quantitative estimate of drug-likeness (QED) is 0.610. The van der Waals surface area contributed by atoms with E-state index in [9.17, 15) is 4.79 Å². The van der Waals surface area contributed by atoms with Gasteiger partial charge in [0.15, 0.2) is 0 Å². The zero-order valence-corrected chi connectivity index (χ0v) is 17.2. The zero-order chi connectivity index (χ0) is 20.9. The van der Waals surface area contributed by atoms with Gasteiger partial charge in [0.05, 0.1) is 19.6 Å². The topological polar surface area (TPSA) is 77.7 Å². The van der Waals surface area contributed by atoms with Crippen molar-refractivity contribution in [3.05, 3.63) is 60.0 Å². The second-order valence-corrected chi connectivity index (χ2v) is 7.24. The third-order valence-corrected chi connectivity index (χ3v) is 5.24. The monoisotopic (exact) mass is 407 g/mol. The molecular weight excluding hydrogens is 382 g/mol. The second-order valence-electron chi connectivity index (χ2n) is 7.24. The van der Waals surface area contributed by atoms with Crippen LogP contribution in [0.1, 0.15) is 41.9 Å². The first-order chi connectivity index (χ1) is 14.7. The molecule has 3 aromatic rings. The van der Waals surface area contributed by atoms with E-state index in [1.54, 1.807) is 7.11 Å². The van der Waals surface area contributed by atoms with E-state index in [2.05, 4.69) is 10.1 Å². The molecule has 30 heavy (non-hydrogen) atoms. The summed E-state index contributed by atoms with van der Waals surface area (Å²) in [5.41, 5.74) is 1.49. The van der Waals surface area contributed by atoms with Gasteiger partial charge in [-0.3, -0.25) is 4.79 Å².